The van der Waals surface area contributed by atoms with Gasteiger partial charge in [-0.05, 0) is 37.4 Å². The molecule has 0 bridgehead atoms. The van der Waals surface area contributed by atoms with Crippen LogP contribution in [0.15, 0.2) is 41.3 Å². The number of thiazole rings is 1. The molecule has 4 rings (SSSR count). The van der Waals surface area contributed by atoms with Gasteiger partial charge in [0.25, 0.3) is 5.91 Å². The summed E-state index contributed by atoms with van der Waals surface area (Å²) in [7, 11) is 1.42. The van der Waals surface area contributed by atoms with E-state index in [9.17, 15) is 13.2 Å². The number of sulfonamides is 1. The summed E-state index contributed by atoms with van der Waals surface area (Å²) in [5.74, 6) is 0.627. The summed E-state index contributed by atoms with van der Waals surface area (Å²) in [6.07, 6.45) is 0. The Balaban J connectivity index is 1.56. The summed E-state index contributed by atoms with van der Waals surface area (Å²) in [6.45, 7) is 2.33. The van der Waals surface area contributed by atoms with E-state index in [4.69, 9.17) is 9.47 Å². The molecule has 0 aliphatic carbocycles. The number of methoxy groups -OCH3 is 2. The number of fused-ring (bicyclic) bond motifs is 1. The molecular formula is C21H24N4O5S2. The van der Waals surface area contributed by atoms with Crippen molar-refractivity contribution in [2.24, 2.45) is 0 Å². The van der Waals surface area contributed by atoms with Crippen molar-refractivity contribution < 1.29 is 22.7 Å². The van der Waals surface area contributed by atoms with Crippen LogP contribution >= 0.6 is 11.3 Å². The highest BCUT2D eigenvalue weighted by molar-refractivity contribution is 7.89. The average molecular weight is 477 g/mol. The predicted molar refractivity (Wildman–Crippen MR) is 123 cm³/mol. The SMILES string of the molecule is COc1cc(OC)cc(C(=O)Nc2nc3ccc(S(=O)(=O)N4CCN(C)CC4)cc3s2)c1. The smallest absolute Gasteiger partial charge is 0.257 e. The van der Waals surface area contributed by atoms with E-state index in [-0.39, 0.29) is 10.8 Å². The number of carbonyl (C=O) groups is 1. The number of aromatic nitrogens is 1. The molecule has 0 spiro atoms. The zero-order valence-electron chi connectivity index (χ0n) is 18.0. The Kier molecular flexibility index (Phi) is 6.33. The van der Waals surface area contributed by atoms with Gasteiger partial charge < -0.3 is 14.4 Å². The molecule has 11 heteroatoms. The number of hydrogen-bond donors (Lipinski definition) is 1. The third kappa shape index (κ3) is 4.56. The van der Waals surface area contributed by atoms with Gasteiger partial charge in [-0.3, -0.25) is 10.1 Å². The zero-order chi connectivity index (χ0) is 22.9. The van der Waals surface area contributed by atoms with Crippen LogP contribution in [0.25, 0.3) is 10.2 Å². The molecular weight excluding hydrogens is 452 g/mol. The fourth-order valence-corrected chi connectivity index (χ4v) is 5.83. The number of carbonyl (C=O) groups excluding carboxylic acids is 1. The van der Waals surface area contributed by atoms with Crippen LogP contribution in [-0.2, 0) is 10.0 Å². The third-order valence-corrected chi connectivity index (χ3v) is 8.12. The first-order valence-corrected chi connectivity index (χ1v) is 12.2. The first kappa shape index (κ1) is 22.5. The number of piperazine rings is 1. The second kappa shape index (κ2) is 9.02. The van der Waals surface area contributed by atoms with E-state index in [1.807, 2.05) is 7.05 Å². The number of nitrogens with one attached hydrogen (secondary N) is 1. The average Bonchev–Trinajstić information content (AvgIpc) is 3.20. The molecule has 2 heterocycles. The number of nitrogens with zero attached hydrogens (tertiary/aromatic N) is 3. The van der Waals surface area contributed by atoms with Gasteiger partial charge in [-0.1, -0.05) is 11.3 Å². The molecule has 1 amide bonds. The lowest BCUT2D eigenvalue weighted by atomic mass is 10.2. The molecule has 0 radical (unpaired) electrons. The molecule has 170 valence electrons. The molecule has 1 aliphatic heterocycles. The largest absolute Gasteiger partial charge is 0.497 e. The van der Waals surface area contributed by atoms with Crippen LogP contribution in [0.5, 0.6) is 11.5 Å². The fourth-order valence-electron chi connectivity index (χ4n) is 3.40. The van der Waals surface area contributed by atoms with Gasteiger partial charge in [0, 0.05) is 37.8 Å². The maximum absolute atomic E-state index is 13.0. The van der Waals surface area contributed by atoms with E-state index in [2.05, 4.69) is 15.2 Å². The van der Waals surface area contributed by atoms with E-state index in [1.165, 1.54) is 29.9 Å². The van der Waals surface area contributed by atoms with Gasteiger partial charge in [-0.2, -0.15) is 4.31 Å². The fraction of sp³-hybridized carbons (Fsp3) is 0.333. The summed E-state index contributed by atoms with van der Waals surface area (Å²) in [5, 5.41) is 3.14. The van der Waals surface area contributed by atoms with Crippen LogP contribution in [0.2, 0.25) is 0 Å². The Morgan fingerprint density at radius 1 is 1.03 bits per heavy atom. The summed E-state index contributed by atoms with van der Waals surface area (Å²) >= 11 is 1.22. The lowest BCUT2D eigenvalue weighted by molar-refractivity contribution is 0.102. The number of ether oxygens (including phenoxy) is 2. The molecule has 2 aromatic carbocycles. The number of likely N-dealkylation sites (N-methyl/N-ethyl adjacent to an activating group) is 1. The first-order valence-electron chi connectivity index (χ1n) is 9.94. The summed E-state index contributed by atoms with van der Waals surface area (Å²) in [6, 6.07) is 9.73. The van der Waals surface area contributed by atoms with E-state index in [0.717, 1.165) is 0 Å². The molecule has 1 saturated heterocycles. The minimum absolute atomic E-state index is 0.230. The van der Waals surface area contributed by atoms with Gasteiger partial charge in [0.2, 0.25) is 10.0 Å². The molecule has 1 fully saturated rings. The number of benzene rings is 2. The Morgan fingerprint density at radius 3 is 2.31 bits per heavy atom. The highest BCUT2D eigenvalue weighted by Crippen LogP contribution is 2.30. The molecule has 9 nitrogen and oxygen atoms in total. The quantitative estimate of drug-likeness (QED) is 0.583. The lowest BCUT2D eigenvalue weighted by Gasteiger charge is -2.31. The van der Waals surface area contributed by atoms with Gasteiger partial charge >= 0.3 is 0 Å². The van der Waals surface area contributed by atoms with Gasteiger partial charge in [-0.15, -0.1) is 0 Å². The molecule has 0 unspecified atom stereocenters. The molecule has 0 atom stereocenters. The van der Waals surface area contributed by atoms with Crippen LogP contribution in [0, 0.1) is 0 Å². The number of rotatable bonds is 6. The van der Waals surface area contributed by atoms with E-state index >= 15 is 0 Å². The van der Waals surface area contributed by atoms with Gasteiger partial charge in [0.05, 0.1) is 29.3 Å². The summed E-state index contributed by atoms with van der Waals surface area (Å²) < 4.78 is 38.7. The number of anilines is 1. The Hall–Kier alpha value is -2.73. The number of hydrogen-bond acceptors (Lipinski definition) is 8. The summed E-state index contributed by atoms with van der Waals surface area (Å²) in [4.78, 5) is 19.5. The molecule has 0 saturated carbocycles. The van der Waals surface area contributed by atoms with Crippen molar-refractivity contribution in [1.29, 1.82) is 0 Å². The van der Waals surface area contributed by atoms with Crippen molar-refractivity contribution in [1.82, 2.24) is 14.2 Å². The van der Waals surface area contributed by atoms with E-state index in [1.54, 1.807) is 36.4 Å². The Bertz CT molecular complexity index is 1230. The molecule has 1 N–H and O–H groups in total. The standard InChI is InChI=1S/C21H24N4O5S2/c1-24-6-8-25(9-7-24)32(27,28)17-4-5-18-19(13-17)31-21(22-18)23-20(26)14-10-15(29-2)12-16(11-14)30-3/h4-5,10-13H,6-9H2,1-3H3,(H,22,23,26). The zero-order valence-corrected chi connectivity index (χ0v) is 19.6. The van der Waals surface area contributed by atoms with Gasteiger partial charge in [-0.25, -0.2) is 13.4 Å². The lowest BCUT2D eigenvalue weighted by Crippen LogP contribution is -2.46. The van der Waals surface area contributed by atoms with E-state index < -0.39 is 10.0 Å². The van der Waals surface area contributed by atoms with Crippen LogP contribution in [0.3, 0.4) is 0 Å². The molecule has 1 aliphatic rings. The van der Waals surface area contributed by atoms with Crippen molar-refractivity contribution >= 4 is 42.6 Å². The van der Waals surface area contributed by atoms with Crippen molar-refractivity contribution in [3.63, 3.8) is 0 Å². The van der Waals surface area contributed by atoms with Crippen LogP contribution in [0.4, 0.5) is 5.13 Å². The van der Waals surface area contributed by atoms with Crippen molar-refractivity contribution in [3.05, 3.63) is 42.0 Å². The molecule has 3 aromatic rings. The predicted octanol–water partition coefficient (Wildman–Crippen LogP) is 2.50. The monoisotopic (exact) mass is 476 g/mol. The highest BCUT2D eigenvalue weighted by Gasteiger charge is 2.28. The van der Waals surface area contributed by atoms with Gasteiger partial charge in [0.1, 0.15) is 11.5 Å². The van der Waals surface area contributed by atoms with Crippen LogP contribution in [-0.4, -0.2) is 76.0 Å². The highest BCUT2D eigenvalue weighted by atomic mass is 32.2. The minimum Gasteiger partial charge on any atom is -0.497 e. The Labute approximate surface area is 190 Å². The van der Waals surface area contributed by atoms with Gasteiger partial charge in [0.15, 0.2) is 5.13 Å². The second-order valence-corrected chi connectivity index (χ2v) is 10.4. The van der Waals surface area contributed by atoms with Crippen molar-refractivity contribution in [2.75, 3.05) is 52.8 Å². The molecule has 32 heavy (non-hydrogen) atoms. The van der Waals surface area contributed by atoms with Crippen molar-refractivity contribution in [2.45, 2.75) is 4.90 Å². The summed E-state index contributed by atoms with van der Waals surface area (Å²) in [5.41, 5.74) is 0.977. The number of amides is 1. The maximum atomic E-state index is 13.0. The second-order valence-electron chi connectivity index (χ2n) is 7.41. The van der Waals surface area contributed by atoms with Crippen LogP contribution in [0.1, 0.15) is 10.4 Å². The van der Waals surface area contributed by atoms with Crippen LogP contribution < -0.4 is 14.8 Å². The normalized spacial score (nSPS) is 15.6. The minimum atomic E-state index is -3.58. The van der Waals surface area contributed by atoms with E-state index in [0.29, 0.717) is 58.6 Å². The molecule has 1 aromatic heterocycles. The Morgan fingerprint density at radius 2 is 1.69 bits per heavy atom. The topological polar surface area (TPSA) is 101 Å². The first-order chi connectivity index (χ1) is 15.3. The third-order valence-electron chi connectivity index (χ3n) is 5.29. The maximum Gasteiger partial charge on any atom is 0.257 e. The van der Waals surface area contributed by atoms with Crippen molar-refractivity contribution in [3.8, 4) is 11.5 Å².